The standard InChI is InChI=1S/C19H39O4P/c1-12(11-24(20,21)22)15-13(17(2,3)4)14(18(5,6)7)16(23-15)19(8,9)10/h12-16H,11H2,1-10H3,(H2,20,21,22)/t12?,13?,14-,15+,16+/m0/s1. The zero-order chi connectivity index (χ0) is 19.3. The predicted molar refractivity (Wildman–Crippen MR) is 100 cm³/mol. The summed E-state index contributed by atoms with van der Waals surface area (Å²) in [4.78, 5) is 18.9. The first-order chi connectivity index (χ1) is 10.4. The van der Waals surface area contributed by atoms with E-state index in [0.717, 1.165) is 0 Å². The highest BCUT2D eigenvalue weighted by molar-refractivity contribution is 7.51. The third-order valence-electron chi connectivity index (χ3n) is 5.31. The second kappa shape index (κ2) is 6.68. The molecule has 0 aliphatic carbocycles. The fourth-order valence-corrected chi connectivity index (χ4v) is 5.42. The van der Waals surface area contributed by atoms with Gasteiger partial charge in [-0.25, -0.2) is 0 Å². The van der Waals surface area contributed by atoms with Gasteiger partial charge in [0, 0.05) is 0 Å². The Balaban J connectivity index is 3.36. The summed E-state index contributed by atoms with van der Waals surface area (Å²) in [5, 5.41) is 0. The number of hydrogen-bond acceptors (Lipinski definition) is 2. The van der Waals surface area contributed by atoms with E-state index in [9.17, 15) is 14.4 Å². The quantitative estimate of drug-likeness (QED) is 0.698. The number of hydrogen-bond donors (Lipinski definition) is 2. The molecule has 0 aromatic heterocycles. The molecule has 0 aromatic rings. The van der Waals surface area contributed by atoms with Crippen molar-refractivity contribution in [3.8, 4) is 0 Å². The molecule has 144 valence electrons. The van der Waals surface area contributed by atoms with Crippen molar-refractivity contribution in [1.29, 1.82) is 0 Å². The van der Waals surface area contributed by atoms with Crippen LogP contribution in [0.1, 0.15) is 69.2 Å². The lowest BCUT2D eigenvalue weighted by Crippen LogP contribution is -2.44. The molecule has 1 aliphatic rings. The van der Waals surface area contributed by atoms with Gasteiger partial charge in [0.05, 0.1) is 18.4 Å². The SMILES string of the molecule is CC(CP(=O)(O)O)[C@H]1O[C@@H](C(C)(C)C)[C@@H](C(C)(C)C)C1C(C)(C)C. The van der Waals surface area contributed by atoms with Gasteiger partial charge >= 0.3 is 7.60 Å². The van der Waals surface area contributed by atoms with Gasteiger partial charge in [0.1, 0.15) is 0 Å². The molecule has 0 spiro atoms. The molecule has 0 saturated carbocycles. The minimum absolute atomic E-state index is 0.00573. The van der Waals surface area contributed by atoms with Crippen molar-refractivity contribution in [3.63, 3.8) is 0 Å². The maximum atomic E-state index is 11.6. The summed E-state index contributed by atoms with van der Waals surface area (Å²) in [7, 11) is -4.05. The largest absolute Gasteiger partial charge is 0.374 e. The smallest absolute Gasteiger partial charge is 0.325 e. The van der Waals surface area contributed by atoms with Crippen LogP contribution in [0.25, 0.3) is 0 Å². The van der Waals surface area contributed by atoms with E-state index < -0.39 is 7.60 Å². The van der Waals surface area contributed by atoms with Gasteiger partial charge in [0.15, 0.2) is 0 Å². The molecule has 1 aliphatic heterocycles. The molecule has 24 heavy (non-hydrogen) atoms. The second-order valence-corrected chi connectivity index (χ2v) is 12.7. The lowest BCUT2D eigenvalue weighted by atomic mass is 9.58. The number of ether oxygens (including phenoxy) is 1. The molecular weight excluding hydrogens is 323 g/mol. The Kier molecular flexibility index (Phi) is 6.17. The van der Waals surface area contributed by atoms with E-state index >= 15 is 0 Å². The summed E-state index contributed by atoms with van der Waals surface area (Å²) < 4.78 is 18.1. The van der Waals surface area contributed by atoms with Crippen LogP contribution in [0.15, 0.2) is 0 Å². The molecular formula is C19H39O4P. The van der Waals surface area contributed by atoms with Crippen LogP contribution >= 0.6 is 7.60 Å². The van der Waals surface area contributed by atoms with Gasteiger partial charge in [0.25, 0.3) is 0 Å². The molecule has 2 unspecified atom stereocenters. The fourth-order valence-electron chi connectivity index (χ4n) is 4.47. The molecule has 0 aromatic carbocycles. The molecule has 0 bridgehead atoms. The van der Waals surface area contributed by atoms with Crippen molar-refractivity contribution in [2.24, 2.45) is 34.0 Å². The van der Waals surface area contributed by atoms with Crippen LogP contribution in [0.5, 0.6) is 0 Å². The topological polar surface area (TPSA) is 66.8 Å². The van der Waals surface area contributed by atoms with Gasteiger partial charge in [-0.1, -0.05) is 69.2 Å². The Morgan fingerprint density at radius 3 is 1.58 bits per heavy atom. The molecule has 1 fully saturated rings. The molecule has 0 radical (unpaired) electrons. The van der Waals surface area contributed by atoms with Crippen molar-refractivity contribution >= 4 is 7.60 Å². The first-order valence-electron chi connectivity index (χ1n) is 9.06. The highest BCUT2D eigenvalue weighted by Gasteiger charge is 2.57. The first-order valence-corrected chi connectivity index (χ1v) is 10.9. The van der Waals surface area contributed by atoms with E-state index in [2.05, 4.69) is 62.3 Å². The van der Waals surface area contributed by atoms with Crippen molar-refractivity contribution in [1.82, 2.24) is 0 Å². The van der Waals surface area contributed by atoms with Crippen molar-refractivity contribution < 1.29 is 19.1 Å². The second-order valence-electron chi connectivity index (χ2n) is 11.0. The normalized spacial score (nSPS) is 31.3. The van der Waals surface area contributed by atoms with E-state index in [0.29, 0.717) is 5.92 Å². The molecule has 1 rings (SSSR count). The van der Waals surface area contributed by atoms with Gasteiger partial charge < -0.3 is 14.5 Å². The van der Waals surface area contributed by atoms with Crippen molar-refractivity contribution in [3.05, 3.63) is 0 Å². The highest BCUT2D eigenvalue weighted by Crippen LogP contribution is 2.57. The summed E-state index contributed by atoms with van der Waals surface area (Å²) >= 11 is 0. The Morgan fingerprint density at radius 2 is 1.29 bits per heavy atom. The van der Waals surface area contributed by atoms with Gasteiger partial charge in [-0.15, -0.1) is 0 Å². The predicted octanol–water partition coefficient (Wildman–Crippen LogP) is 4.94. The highest BCUT2D eigenvalue weighted by atomic mass is 31.2. The summed E-state index contributed by atoms with van der Waals surface area (Å²) in [6.45, 7) is 22.0. The monoisotopic (exact) mass is 362 g/mol. The Hall–Kier alpha value is 0.110. The molecule has 1 heterocycles. The minimum atomic E-state index is -4.05. The molecule has 0 amide bonds. The average Bonchev–Trinajstić information content (AvgIpc) is 2.64. The minimum Gasteiger partial charge on any atom is -0.374 e. The van der Waals surface area contributed by atoms with E-state index in [1.165, 1.54) is 0 Å². The lowest BCUT2D eigenvalue weighted by molar-refractivity contribution is -0.0592. The number of rotatable bonds is 3. The molecule has 4 nitrogen and oxygen atoms in total. The summed E-state index contributed by atoms with van der Waals surface area (Å²) in [5.41, 5.74) is 0.0519. The summed E-state index contributed by atoms with van der Waals surface area (Å²) in [6.07, 6.45) is -0.171. The maximum absolute atomic E-state index is 11.6. The van der Waals surface area contributed by atoms with E-state index in [1.807, 2.05) is 6.92 Å². The first kappa shape index (κ1) is 22.2. The Bertz CT molecular complexity index is 475. The third kappa shape index (κ3) is 5.30. The Morgan fingerprint density at radius 1 is 0.875 bits per heavy atom. The van der Waals surface area contributed by atoms with E-state index in [4.69, 9.17) is 4.74 Å². The van der Waals surface area contributed by atoms with Crippen LogP contribution in [0, 0.1) is 34.0 Å². The summed E-state index contributed by atoms with van der Waals surface area (Å²) in [6, 6.07) is 0. The zero-order valence-electron chi connectivity index (χ0n) is 17.3. The fraction of sp³-hybridized carbons (Fsp3) is 1.00. The van der Waals surface area contributed by atoms with Crippen LogP contribution in [0.4, 0.5) is 0 Å². The van der Waals surface area contributed by atoms with Crippen molar-refractivity contribution in [2.45, 2.75) is 81.4 Å². The van der Waals surface area contributed by atoms with Crippen LogP contribution in [0.3, 0.4) is 0 Å². The Labute approximate surface area is 148 Å². The van der Waals surface area contributed by atoms with Crippen LogP contribution in [-0.2, 0) is 9.30 Å². The molecule has 1 saturated heterocycles. The average molecular weight is 362 g/mol. The van der Waals surface area contributed by atoms with Gasteiger partial charge in [-0.05, 0) is 34.0 Å². The molecule has 5 atom stereocenters. The van der Waals surface area contributed by atoms with Crippen molar-refractivity contribution in [2.75, 3.05) is 6.16 Å². The van der Waals surface area contributed by atoms with Crippen LogP contribution in [-0.4, -0.2) is 28.2 Å². The van der Waals surface area contributed by atoms with Gasteiger partial charge in [-0.2, -0.15) is 0 Å². The van der Waals surface area contributed by atoms with Gasteiger partial charge in [0.2, 0.25) is 0 Å². The molecule has 2 N–H and O–H groups in total. The molecule has 5 heteroatoms. The van der Waals surface area contributed by atoms with E-state index in [-0.39, 0.29) is 46.5 Å². The third-order valence-corrected chi connectivity index (χ3v) is 6.36. The van der Waals surface area contributed by atoms with Crippen LogP contribution < -0.4 is 0 Å². The zero-order valence-corrected chi connectivity index (χ0v) is 18.1. The summed E-state index contributed by atoms with van der Waals surface area (Å²) in [5.74, 6) is 0.414. The van der Waals surface area contributed by atoms with Gasteiger partial charge in [-0.3, -0.25) is 4.57 Å². The maximum Gasteiger partial charge on any atom is 0.325 e. The lowest BCUT2D eigenvalue weighted by Gasteiger charge is -2.44. The van der Waals surface area contributed by atoms with E-state index in [1.54, 1.807) is 0 Å². The van der Waals surface area contributed by atoms with Crippen LogP contribution in [0.2, 0.25) is 0 Å².